The molecule has 2 rings (SSSR count). The number of hydrogen-bond acceptors (Lipinski definition) is 2. The van der Waals surface area contributed by atoms with Crippen LogP contribution in [0.1, 0.15) is 28.4 Å². The highest BCUT2D eigenvalue weighted by Crippen LogP contribution is 2.14. The lowest BCUT2D eigenvalue weighted by molar-refractivity contribution is 0.103. The van der Waals surface area contributed by atoms with E-state index in [-0.39, 0.29) is 5.78 Å². The summed E-state index contributed by atoms with van der Waals surface area (Å²) in [4.78, 5) is 12.2. The maximum absolute atomic E-state index is 12.2. The minimum atomic E-state index is 0.0209. The topological polar surface area (TPSA) is 43.1 Å². The Bertz CT molecular complexity index is 546. The number of ketones is 1. The molecule has 0 aliphatic carbocycles. The Morgan fingerprint density at radius 1 is 1.06 bits per heavy atom. The quantitative estimate of drug-likeness (QED) is 0.644. The second kappa shape index (κ2) is 4.83. The lowest BCUT2D eigenvalue weighted by Gasteiger charge is -2.04. The van der Waals surface area contributed by atoms with Crippen LogP contribution in [0.5, 0.6) is 0 Å². The molecular formula is C15H15NO. The predicted octanol–water partition coefficient (Wildman–Crippen LogP) is 3.06. The number of rotatable bonds is 3. The molecule has 2 aromatic rings. The van der Waals surface area contributed by atoms with Crippen LogP contribution in [-0.2, 0) is 6.42 Å². The maximum Gasteiger partial charge on any atom is 0.193 e. The van der Waals surface area contributed by atoms with E-state index < -0.39 is 0 Å². The van der Waals surface area contributed by atoms with Crippen LogP contribution < -0.4 is 5.73 Å². The van der Waals surface area contributed by atoms with Crippen LogP contribution in [0.2, 0.25) is 0 Å². The number of aryl methyl sites for hydroxylation is 1. The van der Waals surface area contributed by atoms with E-state index in [4.69, 9.17) is 5.73 Å². The molecule has 86 valence electrons. The van der Waals surface area contributed by atoms with Crippen molar-refractivity contribution in [1.82, 2.24) is 0 Å². The number of hydrogen-bond donors (Lipinski definition) is 1. The molecule has 0 saturated carbocycles. The first-order valence-electron chi connectivity index (χ1n) is 5.70. The minimum Gasteiger partial charge on any atom is -0.399 e. The van der Waals surface area contributed by atoms with Crippen molar-refractivity contribution in [3.63, 3.8) is 0 Å². The molecule has 0 saturated heterocycles. The van der Waals surface area contributed by atoms with Crippen molar-refractivity contribution in [2.45, 2.75) is 13.3 Å². The summed E-state index contributed by atoms with van der Waals surface area (Å²) in [6, 6.07) is 14.8. The van der Waals surface area contributed by atoms with Gasteiger partial charge in [-0.05, 0) is 30.2 Å². The highest BCUT2D eigenvalue weighted by molar-refractivity contribution is 6.09. The summed E-state index contributed by atoms with van der Waals surface area (Å²) in [6.45, 7) is 2.07. The van der Waals surface area contributed by atoms with Crippen LogP contribution in [-0.4, -0.2) is 5.78 Å². The first-order chi connectivity index (χ1) is 8.20. The van der Waals surface area contributed by atoms with Gasteiger partial charge in [-0.1, -0.05) is 37.3 Å². The summed E-state index contributed by atoms with van der Waals surface area (Å²) in [5.41, 5.74) is 8.81. The van der Waals surface area contributed by atoms with Crippen molar-refractivity contribution < 1.29 is 4.79 Å². The lowest BCUT2D eigenvalue weighted by atomic mass is 10.0. The van der Waals surface area contributed by atoms with Crippen LogP contribution >= 0.6 is 0 Å². The molecule has 2 heteroatoms. The zero-order valence-electron chi connectivity index (χ0n) is 9.81. The number of carbonyl (C=O) groups is 1. The summed E-state index contributed by atoms with van der Waals surface area (Å²) in [6.07, 6.45) is 0.929. The average molecular weight is 225 g/mol. The molecule has 2 aromatic carbocycles. The summed E-state index contributed by atoms with van der Waals surface area (Å²) < 4.78 is 0. The third kappa shape index (κ3) is 2.53. The van der Waals surface area contributed by atoms with Crippen LogP contribution in [0, 0.1) is 0 Å². The van der Waals surface area contributed by atoms with Gasteiger partial charge in [-0.3, -0.25) is 4.79 Å². The van der Waals surface area contributed by atoms with Gasteiger partial charge in [0.05, 0.1) is 0 Å². The fourth-order valence-corrected chi connectivity index (χ4v) is 1.78. The zero-order valence-corrected chi connectivity index (χ0v) is 9.81. The monoisotopic (exact) mass is 225 g/mol. The average Bonchev–Trinajstić information content (AvgIpc) is 2.38. The third-order valence-corrected chi connectivity index (χ3v) is 2.75. The van der Waals surface area contributed by atoms with Crippen molar-refractivity contribution in [1.29, 1.82) is 0 Å². The molecule has 0 heterocycles. The van der Waals surface area contributed by atoms with Crippen LogP contribution in [0.25, 0.3) is 0 Å². The maximum atomic E-state index is 12.2. The van der Waals surface area contributed by atoms with Gasteiger partial charge in [-0.2, -0.15) is 0 Å². The Hall–Kier alpha value is -2.09. The van der Waals surface area contributed by atoms with Gasteiger partial charge < -0.3 is 5.73 Å². The highest BCUT2D eigenvalue weighted by Gasteiger charge is 2.09. The summed E-state index contributed by atoms with van der Waals surface area (Å²) in [5, 5.41) is 0. The van der Waals surface area contributed by atoms with Gasteiger partial charge in [0, 0.05) is 16.8 Å². The van der Waals surface area contributed by atoms with Crippen LogP contribution in [0.15, 0.2) is 48.5 Å². The fraction of sp³-hybridized carbons (Fsp3) is 0.133. The Kier molecular flexibility index (Phi) is 3.24. The van der Waals surface area contributed by atoms with Gasteiger partial charge in [0.25, 0.3) is 0 Å². The second-order valence-electron chi connectivity index (χ2n) is 4.01. The van der Waals surface area contributed by atoms with E-state index in [9.17, 15) is 4.79 Å². The number of nitrogen functional groups attached to an aromatic ring is 1. The van der Waals surface area contributed by atoms with E-state index in [1.807, 2.05) is 24.3 Å². The molecule has 17 heavy (non-hydrogen) atoms. The van der Waals surface area contributed by atoms with E-state index in [2.05, 4.69) is 6.92 Å². The number of nitrogens with two attached hydrogens (primary N) is 1. The van der Waals surface area contributed by atoms with Gasteiger partial charge in [0.1, 0.15) is 0 Å². The van der Waals surface area contributed by atoms with Gasteiger partial charge in [0.2, 0.25) is 0 Å². The molecule has 0 aliphatic heterocycles. The Balaban J connectivity index is 2.36. The highest BCUT2D eigenvalue weighted by atomic mass is 16.1. The van der Waals surface area contributed by atoms with Crippen molar-refractivity contribution >= 4 is 11.5 Å². The molecule has 0 fully saturated rings. The number of carbonyl (C=O) groups excluding carboxylic acids is 1. The summed E-state index contributed by atoms with van der Waals surface area (Å²) in [5.74, 6) is 0.0209. The van der Waals surface area contributed by atoms with Crippen LogP contribution in [0.4, 0.5) is 5.69 Å². The first-order valence-corrected chi connectivity index (χ1v) is 5.70. The van der Waals surface area contributed by atoms with E-state index in [1.165, 1.54) is 5.56 Å². The third-order valence-electron chi connectivity index (χ3n) is 2.75. The summed E-state index contributed by atoms with van der Waals surface area (Å²) >= 11 is 0. The van der Waals surface area contributed by atoms with E-state index in [0.717, 1.165) is 12.0 Å². The van der Waals surface area contributed by atoms with Crippen molar-refractivity contribution in [3.05, 3.63) is 65.2 Å². The number of benzene rings is 2. The molecule has 0 atom stereocenters. The molecular weight excluding hydrogens is 210 g/mol. The van der Waals surface area contributed by atoms with E-state index >= 15 is 0 Å². The van der Waals surface area contributed by atoms with Crippen molar-refractivity contribution in [2.24, 2.45) is 0 Å². The smallest absolute Gasteiger partial charge is 0.193 e. The molecule has 0 unspecified atom stereocenters. The zero-order chi connectivity index (χ0) is 12.3. The molecule has 0 radical (unpaired) electrons. The first kappa shape index (κ1) is 11.4. The van der Waals surface area contributed by atoms with Gasteiger partial charge in [0.15, 0.2) is 5.78 Å². The molecule has 0 bridgehead atoms. The summed E-state index contributed by atoms with van der Waals surface area (Å²) in [7, 11) is 0. The molecule has 2 N–H and O–H groups in total. The Labute approximate surface area is 101 Å². The van der Waals surface area contributed by atoms with Crippen molar-refractivity contribution in [3.8, 4) is 0 Å². The standard InChI is InChI=1S/C15H15NO/c1-2-11-5-3-6-12(9-11)15(17)13-7-4-8-14(16)10-13/h3-10H,2,16H2,1H3. The van der Waals surface area contributed by atoms with Gasteiger partial charge in [-0.25, -0.2) is 0 Å². The Morgan fingerprint density at radius 2 is 1.71 bits per heavy atom. The van der Waals surface area contributed by atoms with Gasteiger partial charge >= 0.3 is 0 Å². The minimum absolute atomic E-state index is 0.0209. The number of anilines is 1. The fourth-order valence-electron chi connectivity index (χ4n) is 1.78. The molecule has 0 amide bonds. The molecule has 0 spiro atoms. The van der Waals surface area contributed by atoms with Gasteiger partial charge in [-0.15, -0.1) is 0 Å². The molecule has 2 nitrogen and oxygen atoms in total. The largest absolute Gasteiger partial charge is 0.399 e. The SMILES string of the molecule is CCc1cccc(C(=O)c2cccc(N)c2)c1. The van der Waals surface area contributed by atoms with Crippen molar-refractivity contribution in [2.75, 3.05) is 5.73 Å². The second-order valence-corrected chi connectivity index (χ2v) is 4.01. The molecule has 0 aromatic heterocycles. The normalized spacial score (nSPS) is 10.2. The van der Waals surface area contributed by atoms with E-state index in [0.29, 0.717) is 11.3 Å². The van der Waals surface area contributed by atoms with E-state index in [1.54, 1.807) is 24.3 Å². The Morgan fingerprint density at radius 3 is 2.35 bits per heavy atom. The predicted molar refractivity (Wildman–Crippen MR) is 70.1 cm³/mol. The molecule has 0 aliphatic rings. The van der Waals surface area contributed by atoms with Crippen LogP contribution in [0.3, 0.4) is 0 Å². The lowest BCUT2D eigenvalue weighted by Crippen LogP contribution is -2.02.